The Morgan fingerprint density at radius 3 is 1.60 bits per heavy atom. The number of fused-ring (bicyclic) bond motifs is 2. The summed E-state index contributed by atoms with van der Waals surface area (Å²) in [5, 5.41) is 8.16. The number of anilines is 2. The Balaban J connectivity index is 0.000000175. The molecule has 2 aromatic heterocycles. The highest BCUT2D eigenvalue weighted by Crippen LogP contribution is 2.27. The fraction of sp³-hybridized carbons (Fsp3) is 0.370. The molecule has 0 aliphatic carbocycles. The summed E-state index contributed by atoms with van der Waals surface area (Å²) in [4.78, 5) is 41.4. The van der Waals surface area contributed by atoms with Crippen LogP contribution < -0.4 is 15.1 Å². The van der Waals surface area contributed by atoms with Crippen LogP contribution in [0.4, 0.5) is 11.9 Å². The van der Waals surface area contributed by atoms with Gasteiger partial charge in [0, 0.05) is 102 Å². The highest BCUT2D eigenvalue weighted by molar-refractivity contribution is 5.87. The van der Waals surface area contributed by atoms with Crippen molar-refractivity contribution in [1.29, 1.82) is 0 Å². The van der Waals surface area contributed by atoms with Gasteiger partial charge in [0.05, 0.1) is 11.4 Å². The van der Waals surface area contributed by atoms with Crippen LogP contribution >= 0.6 is 0 Å². The first-order valence-electron chi connectivity index (χ1n) is 20.2. The molecule has 0 radical (unpaired) electrons. The lowest BCUT2D eigenvalue weighted by Gasteiger charge is -2.26. The number of amides is 1. The first-order chi connectivity index (χ1) is 27.7. The third-order valence-corrected chi connectivity index (χ3v) is 11.6. The molecule has 57 heavy (non-hydrogen) atoms. The van der Waals surface area contributed by atoms with E-state index in [1.807, 2.05) is 38.6 Å². The summed E-state index contributed by atoms with van der Waals surface area (Å²) >= 11 is 0. The van der Waals surface area contributed by atoms with Gasteiger partial charge < -0.3 is 24.9 Å². The molecule has 6 aromatic rings. The number of rotatable bonds is 12. The van der Waals surface area contributed by atoms with Gasteiger partial charge >= 0.3 is 0 Å². The van der Waals surface area contributed by atoms with Gasteiger partial charge in [-0.1, -0.05) is 72.8 Å². The highest BCUT2D eigenvalue weighted by Gasteiger charge is 2.28. The number of carbonyl (C=O) groups is 1. The second kappa shape index (κ2) is 18.6. The van der Waals surface area contributed by atoms with E-state index in [1.54, 1.807) is 11.8 Å². The van der Waals surface area contributed by atoms with E-state index in [0.717, 1.165) is 99.6 Å². The molecule has 0 saturated carbocycles. The number of nitrogens with one attached hydrogen (secondary N) is 1. The van der Waals surface area contributed by atoms with Gasteiger partial charge in [-0.05, 0) is 79.8 Å². The molecule has 11 nitrogen and oxygen atoms in total. The quantitative estimate of drug-likeness (QED) is 0.153. The molecular formula is C46H56N10O. The van der Waals surface area contributed by atoms with Gasteiger partial charge in [0.25, 0.3) is 0 Å². The van der Waals surface area contributed by atoms with E-state index < -0.39 is 0 Å². The van der Waals surface area contributed by atoms with Crippen molar-refractivity contribution in [2.45, 2.75) is 31.8 Å². The van der Waals surface area contributed by atoms with Crippen LogP contribution in [-0.2, 0) is 4.79 Å². The molecule has 0 spiro atoms. The van der Waals surface area contributed by atoms with Gasteiger partial charge in [-0.15, -0.1) is 0 Å². The summed E-state index contributed by atoms with van der Waals surface area (Å²) in [7, 11) is 8.19. The second-order valence-corrected chi connectivity index (χ2v) is 15.4. The van der Waals surface area contributed by atoms with Crippen LogP contribution in [0.15, 0.2) is 109 Å². The van der Waals surface area contributed by atoms with Gasteiger partial charge in [0.2, 0.25) is 17.8 Å². The van der Waals surface area contributed by atoms with Crippen molar-refractivity contribution < 1.29 is 4.79 Å². The lowest BCUT2D eigenvalue weighted by molar-refractivity contribution is -0.127. The predicted molar refractivity (Wildman–Crippen MR) is 234 cm³/mol. The molecule has 0 bridgehead atoms. The second-order valence-electron chi connectivity index (χ2n) is 15.4. The minimum atomic E-state index is 0.107. The molecule has 2 atom stereocenters. The topological polar surface area (TPSA) is 96.9 Å². The Morgan fingerprint density at radius 1 is 0.649 bits per heavy atom. The van der Waals surface area contributed by atoms with Crippen LogP contribution in [0, 0.1) is 0 Å². The van der Waals surface area contributed by atoms with Crippen LogP contribution in [-0.4, -0.2) is 133 Å². The molecule has 4 aromatic carbocycles. The Kier molecular flexibility index (Phi) is 13.0. The smallest absolute Gasteiger partial charge is 0.225 e. The maximum atomic E-state index is 11.4. The monoisotopic (exact) mass is 764 g/mol. The Bertz CT molecular complexity index is 2260. The molecule has 2 aliphatic heterocycles. The normalized spacial score (nSPS) is 16.8. The van der Waals surface area contributed by atoms with Crippen molar-refractivity contribution in [2.24, 2.45) is 0 Å². The third-order valence-electron chi connectivity index (χ3n) is 11.6. The lowest BCUT2D eigenvalue weighted by atomic mass is 10.1. The zero-order chi connectivity index (χ0) is 39.7. The van der Waals surface area contributed by atoms with E-state index in [4.69, 9.17) is 9.97 Å². The molecule has 2 fully saturated rings. The summed E-state index contributed by atoms with van der Waals surface area (Å²) in [5.74, 6) is 1.73. The average Bonchev–Trinajstić information content (AvgIpc) is 3.97. The van der Waals surface area contributed by atoms with Crippen molar-refractivity contribution >= 4 is 39.3 Å². The van der Waals surface area contributed by atoms with Gasteiger partial charge in [-0.25, -0.2) is 19.9 Å². The standard InChI is InChI=1S/C24H29N5O.C22H27N5/c1-18(30)27(2)14-15-28(3)22-11-13-29(17-22)24-25-12-10-23(26-24)21-9-8-19-6-4-5-7-20(19)16-21;1-23-12-14-26(2)20-10-13-27(16-20)22-24-11-9-21(25-22)19-8-7-17-5-3-4-6-18(17)15-19/h4-10,12,16,22H,11,13-15,17H2,1-3H3;3-9,11,15,20,23H,10,12-14,16H2,1-2H3/t22-;20-/m11/s1. The zero-order valence-electron chi connectivity index (χ0n) is 34.1. The van der Waals surface area contributed by atoms with Crippen molar-refractivity contribution in [3.8, 4) is 22.5 Å². The first-order valence-corrected chi connectivity index (χ1v) is 20.2. The molecule has 2 aliphatic rings. The van der Waals surface area contributed by atoms with E-state index in [-0.39, 0.29) is 5.91 Å². The summed E-state index contributed by atoms with van der Waals surface area (Å²) in [6.45, 7) is 9.14. The molecular weight excluding hydrogens is 709 g/mol. The van der Waals surface area contributed by atoms with Crippen molar-refractivity contribution in [3.05, 3.63) is 109 Å². The van der Waals surface area contributed by atoms with Gasteiger partial charge in [-0.2, -0.15) is 0 Å². The Morgan fingerprint density at radius 2 is 1.12 bits per heavy atom. The highest BCUT2D eigenvalue weighted by atomic mass is 16.2. The Hall–Kier alpha value is -5.49. The lowest BCUT2D eigenvalue weighted by Crippen LogP contribution is -2.40. The third kappa shape index (κ3) is 9.91. The fourth-order valence-corrected chi connectivity index (χ4v) is 7.71. The number of benzene rings is 4. The van der Waals surface area contributed by atoms with Crippen LogP contribution in [0.5, 0.6) is 0 Å². The largest absolute Gasteiger partial charge is 0.345 e. The summed E-state index contributed by atoms with van der Waals surface area (Å²) in [6.07, 6.45) is 5.96. The maximum Gasteiger partial charge on any atom is 0.225 e. The molecule has 296 valence electrons. The molecule has 2 saturated heterocycles. The number of likely N-dealkylation sites (N-methyl/N-ethyl adjacent to an activating group) is 4. The van der Waals surface area contributed by atoms with E-state index in [2.05, 4.69) is 134 Å². The van der Waals surface area contributed by atoms with Crippen molar-refractivity contribution in [1.82, 2.24) is 40.0 Å². The summed E-state index contributed by atoms with van der Waals surface area (Å²) in [5.41, 5.74) is 4.18. The van der Waals surface area contributed by atoms with Crippen molar-refractivity contribution in [2.75, 3.05) is 90.3 Å². The number of hydrogen-bond acceptors (Lipinski definition) is 10. The number of nitrogens with zero attached hydrogens (tertiary/aromatic N) is 9. The fourth-order valence-electron chi connectivity index (χ4n) is 7.71. The summed E-state index contributed by atoms with van der Waals surface area (Å²) in [6, 6.07) is 34.8. The van der Waals surface area contributed by atoms with Gasteiger partial charge in [0.1, 0.15) is 0 Å². The molecule has 1 N–H and O–H groups in total. The summed E-state index contributed by atoms with van der Waals surface area (Å²) < 4.78 is 0. The van der Waals surface area contributed by atoms with Crippen LogP contribution in [0.3, 0.4) is 0 Å². The number of aromatic nitrogens is 4. The molecule has 8 rings (SSSR count). The predicted octanol–water partition coefficient (Wildman–Crippen LogP) is 6.31. The van der Waals surface area contributed by atoms with E-state index in [9.17, 15) is 4.79 Å². The maximum absolute atomic E-state index is 11.4. The first kappa shape index (κ1) is 39.7. The molecule has 0 unspecified atom stereocenters. The zero-order valence-corrected chi connectivity index (χ0v) is 34.1. The van der Waals surface area contributed by atoms with Crippen LogP contribution in [0.25, 0.3) is 44.1 Å². The minimum Gasteiger partial charge on any atom is -0.345 e. The SMILES string of the molecule is CC(=O)N(C)CCN(C)[C@@H]1CCN(c2nccc(-c3ccc4ccccc4c3)n2)C1.CNCCN(C)[C@@H]1CCN(c2nccc(-c3ccc4ccccc4c3)n2)C1. The number of carbonyl (C=O) groups excluding carboxylic acids is 1. The van der Waals surface area contributed by atoms with Gasteiger partial charge in [0.15, 0.2) is 0 Å². The van der Waals surface area contributed by atoms with E-state index in [1.165, 1.54) is 21.5 Å². The molecule has 11 heteroatoms. The number of hydrogen-bond donors (Lipinski definition) is 1. The van der Waals surface area contributed by atoms with E-state index in [0.29, 0.717) is 12.1 Å². The molecule has 4 heterocycles. The van der Waals surface area contributed by atoms with Gasteiger partial charge in [-0.3, -0.25) is 9.69 Å². The van der Waals surface area contributed by atoms with Crippen molar-refractivity contribution in [3.63, 3.8) is 0 Å². The Labute approximate surface area is 337 Å². The van der Waals surface area contributed by atoms with E-state index >= 15 is 0 Å². The van der Waals surface area contributed by atoms with Crippen LogP contribution in [0.1, 0.15) is 19.8 Å². The average molecular weight is 765 g/mol. The van der Waals surface area contributed by atoms with Crippen LogP contribution in [0.2, 0.25) is 0 Å². The molecule has 1 amide bonds. The minimum absolute atomic E-state index is 0.107.